The van der Waals surface area contributed by atoms with Crippen molar-refractivity contribution in [1.82, 2.24) is 19.6 Å². The Labute approximate surface area is 125 Å². The SMILES string of the molecule is CCSc1nnc2c3c4c(sc3ncn12)CC(C)CC4. The number of rotatable bonds is 2. The van der Waals surface area contributed by atoms with Gasteiger partial charge in [-0.3, -0.25) is 4.40 Å². The Morgan fingerprint density at radius 2 is 2.35 bits per heavy atom. The average molecular weight is 304 g/mol. The van der Waals surface area contributed by atoms with Crippen LogP contribution in [0.3, 0.4) is 0 Å². The van der Waals surface area contributed by atoms with Crippen molar-refractivity contribution in [1.29, 1.82) is 0 Å². The predicted molar refractivity (Wildman–Crippen MR) is 83.8 cm³/mol. The molecule has 1 aliphatic rings. The summed E-state index contributed by atoms with van der Waals surface area (Å²) in [6.07, 6.45) is 5.49. The van der Waals surface area contributed by atoms with Crippen LogP contribution in [0.4, 0.5) is 0 Å². The highest BCUT2D eigenvalue weighted by atomic mass is 32.2. The van der Waals surface area contributed by atoms with Gasteiger partial charge < -0.3 is 0 Å². The first-order valence-electron chi connectivity index (χ1n) is 7.04. The van der Waals surface area contributed by atoms with Gasteiger partial charge in [0, 0.05) is 4.88 Å². The van der Waals surface area contributed by atoms with Gasteiger partial charge in [-0.15, -0.1) is 21.5 Å². The van der Waals surface area contributed by atoms with Crippen LogP contribution in [-0.4, -0.2) is 25.3 Å². The lowest BCUT2D eigenvalue weighted by Crippen LogP contribution is -2.08. The third-order valence-corrected chi connectivity index (χ3v) is 5.93. The molecule has 0 N–H and O–H groups in total. The molecule has 1 atom stereocenters. The van der Waals surface area contributed by atoms with Crippen molar-refractivity contribution in [3.63, 3.8) is 0 Å². The van der Waals surface area contributed by atoms with Crippen molar-refractivity contribution in [3.8, 4) is 0 Å². The van der Waals surface area contributed by atoms with E-state index in [2.05, 4.69) is 29.0 Å². The monoisotopic (exact) mass is 304 g/mol. The summed E-state index contributed by atoms with van der Waals surface area (Å²) in [5.41, 5.74) is 2.46. The quantitative estimate of drug-likeness (QED) is 0.679. The Morgan fingerprint density at radius 3 is 3.20 bits per heavy atom. The third kappa shape index (κ3) is 1.78. The zero-order valence-corrected chi connectivity index (χ0v) is 13.2. The second-order valence-electron chi connectivity index (χ2n) is 5.39. The minimum absolute atomic E-state index is 0.788. The van der Waals surface area contributed by atoms with Crippen LogP contribution in [0, 0.1) is 5.92 Å². The van der Waals surface area contributed by atoms with Gasteiger partial charge >= 0.3 is 0 Å². The second kappa shape index (κ2) is 4.70. The second-order valence-corrected chi connectivity index (χ2v) is 7.70. The van der Waals surface area contributed by atoms with E-state index in [-0.39, 0.29) is 0 Å². The number of aryl methyl sites for hydroxylation is 1. The Bertz CT molecular complexity index is 789. The third-order valence-electron chi connectivity index (χ3n) is 3.95. The number of fused-ring (bicyclic) bond motifs is 5. The van der Waals surface area contributed by atoms with Crippen molar-refractivity contribution < 1.29 is 0 Å². The highest BCUT2D eigenvalue weighted by molar-refractivity contribution is 7.99. The van der Waals surface area contributed by atoms with Crippen molar-refractivity contribution in [3.05, 3.63) is 16.8 Å². The van der Waals surface area contributed by atoms with Gasteiger partial charge in [0.2, 0.25) is 0 Å². The van der Waals surface area contributed by atoms with Gasteiger partial charge in [0.1, 0.15) is 11.2 Å². The van der Waals surface area contributed by atoms with E-state index in [4.69, 9.17) is 0 Å². The predicted octanol–water partition coefficient (Wildman–Crippen LogP) is 3.58. The molecule has 4 rings (SSSR count). The molecule has 6 heteroatoms. The summed E-state index contributed by atoms with van der Waals surface area (Å²) in [5.74, 6) is 1.79. The van der Waals surface area contributed by atoms with Gasteiger partial charge in [-0.05, 0) is 36.5 Å². The molecule has 0 saturated heterocycles. The molecule has 0 aliphatic heterocycles. The van der Waals surface area contributed by atoms with E-state index in [1.165, 1.54) is 28.7 Å². The van der Waals surface area contributed by atoms with E-state index >= 15 is 0 Å². The normalized spacial score (nSPS) is 18.8. The molecule has 4 nitrogen and oxygen atoms in total. The maximum absolute atomic E-state index is 4.64. The topological polar surface area (TPSA) is 43.1 Å². The van der Waals surface area contributed by atoms with Crippen LogP contribution in [0.1, 0.15) is 30.7 Å². The van der Waals surface area contributed by atoms with Crippen LogP contribution in [0.5, 0.6) is 0 Å². The lowest BCUT2D eigenvalue weighted by atomic mass is 9.89. The van der Waals surface area contributed by atoms with Crippen LogP contribution in [0.2, 0.25) is 0 Å². The summed E-state index contributed by atoms with van der Waals surface area (Å²) in [5, 5.41) is 10.9. The number of thiophene rings is 1. The van der Waals surface area contributed by atoms with Gasteiger partial charge in [0.05, 0.1) is 5.39 Å². The van der Waals surface area contributed by atoms with Gasteiger partial charge in [0.15, 0.2) is 10.8 Å². The zero-order valence-electron chi connectivity index (χ0n) is 11.6. The van der Waals surface area contributed by atoms with Crippen molar-refractivity contribution in [2.24, 2.45) is 5.92 Å². The highest BCUT2D eigenvalue weighted by Gasteiger charge is 2.23. The number of thioether (sulfide) groups is 1. The average Bonchev–Trinajstić information content (AvgIpc) is 2.99. The molecule has 104 valence electrons. The van der Waals surface area contributed by atoms with Crippen LogP contribution in [0.15, 0.2) is 11.5 Å². The van der Waals surface area contributed by atoms with Gasteiger partial charge in [0.25, 0.3) is 0 Å². The molecule has 0 spiro atoms. The molecule has 0 aromatic carbocycles. The van der Waals surface area contributed by atoms with Crippen molar-refractivity contribution in [2.75, 3.05) is 5.75 Å². The smallest absolute Gasteiger partial charge is 0.196 e. The van der Waals surface area contributed by atoms with E-state index in [0.29, 0.717) is 0 Å². The summed E-state index contributed by atoms with van der Waals surface area (Å²) in [6.45, 7) is 4.47. The molecule has 1 unspecified atom stereocenters. The highest BCUT2D eigenvalue weighted by Crippen LogP contribution is 2.38. The summed E-state index contributed by atoms with van der Waals surface area (Å²) < 4.78 is 2.04. The minimum Gasteiger partial charge on any atom is -0.260 e. The fraction of sp³-hybridized carbons (Fsp3) is 0.500. The summed E-state index contributed by atoms with van der Waals surface area (Å²) in [4.78, 5) is 7.27. The maximum atomic E-state index is 4.64. The standard InChI is InChI=1S/C14H16N4S2/c1-3-19-14-17-16-12-11-9-5-4-8(2)6-10(9)20-13(11)15-7-18(12)14/h7-8H,3-6H2,1-2H3. The first-order valence-corrected chi connectivity index (χ1v) is 8.85. The minimum atomic E-state index is 0.788. The van der Waals surface area contributed by atoms with Gasteiger partial charge in [-0.2, -0.15) is 0 Å². The Hall–Kier alpha value is -1.14. The summed E-state index contributed by atoms with van der Waals surface area (Å²) >= 11 is 3.56. The molecule has 0 radical (unpaired) electrons. The molecule has 3 heterocycles. The summed E-state index contributed by atoms with van der Waals surface area (Å²) in [6, 6.07) is 0. The van der Waals surface area contributed by atoms with E-state index in [0.717, 1.165) is 33.7 Å². The lowest BCUT2D eigenvalue weighted by Gasteiger charge is -2.17. The van der Waals surface area contributed by atoms with E-state index < -0.39 is 0 Å². The molecular weight excluding hydrogens is 288 g/mol. The Morgan fingerprint density at radius 1 is 1.45 bits per heavy atom. The molecule has 20 heavy (non-hydrogen) atoms. The van der Waals surface area contributed by atoms with E-state index in [9.17, 15) is 0 Å². The summed E-state index contributed by atoms with van der Waals surface area (Å²) in [7, 11) is 0. The zero-order chi connectivity index (χ0) is 13.7. The number of hydrogen-bond donors (Lipinski definition) is 0. The molecule has 3 aromatic heterocycles. The molecule has 3 aromatic rings. The first-order chi connectivity index (χ1) is 9.78. The first kappa shape index (κ1) is 12.6. The van der Waals surface area contributed by atoms with Gasteiger partial charge in [-0.1, -0.05) is 25.6 Å². The van der Waals surface area contributed by atoms with Crippen molar-refractivity contribution in [2.45, 2.75) is 38.3 Å². The number of aromatic nitrogens is 4. The largest absolute Gasteiger partial charge is 0.260 e. The molecule has 0 saturated carbocycles. The Kier molecular flexibility index (Phi) is 2.96. The molecular formula is C14H16N4S2. The van der Waals surface area contributed by atoms with E-state index in [1.54, 1.807) is 11.8 Å². The van der Waals surface area contributed by atoms with Crippen LogP contribution in [-0.2, 0) is 12.8 Å². The van der Waals surface area contributed by atoms with E-state index in [1.807, 2.05) is 22.1 Å². The fourth-order valence-corrected chi connectivity index (χ4v) is 4.92. The maximum Gasteiger partial charge on any atom is 0.196 e. The van der Waals surface area contributed by atoms with Crippen LogP contribution in [0.25, 0.3) is 15.9 Å². The van der Waals surface area contributed by atoms with Crippen molar-refractivity contribution >= 4 is 39.0 Å². The number of nitrogens with zero attached hydrogens (tertiary/aromatic N) is 4. The fourth-order valence-electron chi connectivity index (χ4n) is 2.95. The molecule has 0 bridgehead atoms. The van der Waals surface area contributed by atoms with Gasteiger partial charge in [-0.25, -0.2) is 4.98 Å². The lowest BCUT2D eigenvalue weighted by molar-refractivity contribution is 0.509. The Balaban J connectivity index is 1.99. The molecule has 1 aliphatic carbocycles. The molecule has 0 amide bonds. The molecule has 0 fully saturated rings. The van der Waals surface area contributed by atoms with Crippen LogP contribution < -0.4 is 0 Å². The van der Waals surface area contributed by atoms with Crippen LogP contribution >= 0.6 is 23.1 Å². The number of hydrogen-bond acceptors (Lipinski definition) is 5.